The Morgan fingerprint density at radius 3 is 2.52 bits per heavy atom. The fourth-order valence-corrected chi connectivity index (χ4v) is 3.60. The Morgan fingerprint density at radius 2 is 1.86 bits per heavy atom. The summed E-state index contributed by atoms with van der Waals surface area (Å²) >= 11 is 0. The molecule has 0 atom stereocenters. The lowest BCUT2D eigenvalue weighted by atomic mass is 10.2. The highest BCUT2D eigenvalue weighted by Crippen LogP contribution is 2.27. The van der Waals surface area contributed by atoms with Gasteiger partial charge in [-0.3, -0.25) is 0 Å². The Labute approximate surface area is 168 Å². The molecule has 3 aromatic rings. The van der Waals surface area contributed by atoms with E-state index in [1.807, 2.05) is 30.3 Å². The highest BCUT2D eigenvalue weighted by molar-refractivity contribution is 7.89. The van der Waals surface area contributed by atoms with Crippen molar-refractivity contribution in [2.75, 3.05) is 21.2 Å². The van der Waals surface area contributed by atoms with Crippen LogP contribution in [0.4, 0.5) is 0 Å². The molecule has 0 spiro atoms. The number of sulfonamides is 1. The summed E-state index contributed by atoms with van der Waals surface area (Å²) in [7, 11) is 0.347. The molecule has 1 aromatic heterocycles. The Bertz CT molecular complexity index is 1110. The molecule has 0 bridgehead atoms. The first-order valence-corrected chi connectivity index (χ1v) is 10.0. The highest BCUT2D eigenvalue weighted by Gasteiger charge is 2.24. The van der Waals surface area contributed by atoms with Gasteiger partial charge in [-0.15, -0.1) is 0 Å². The van der Waals surface area contributed by atoms with E-state index in [2.05, 4.69) is 4.98 Å². The summed E-state index contributed by atoms with van der Waals surface area (Å²) in [4.78, 5) is 16.4. The molecular formula is C20H20N2O6S. The summed E-state index contributed by atoms with van der Waals surface area (Å²) in [5.74, 6) is 0.213. The maximum Gasteiger partial charge on any atom is 0.338 e. The Kier molecular flexibility index (Phi) is 6.00. The van der Waals surface area contributed by atoms with Crippen LogP contribution in [0.2, 0.25) is 0 Å². The van der Waals surface area contributed by atoms with Crippen molar-refractivity contribution in [3.8, 4) is 17.1 Å². The standard InChI is InChI=1S/C20H20N2O6S/c1-22(2)29(24,25)18-11-15(9-10-16(18)26-3)20(23)27-13-19-21-12-17(28-19)14-7-5-4-6-8-14/h4-12H,13H2,1-3H3. The molecule has 2 aromatic carbocycles. The van der Waals surface area contributed by atoms with E-state index in [1.165, 1.54) is 39.4 Å². The van der Waals surface area contributed by atoms with Gasteiger partial charge in [-0.2, -0.15) is 0 Å². The number of methoxy groups -OCH3 is 1. The van der Waals surface area contributed by atoms with Crippen molar-refractivity contribution < 1.29 is 27.1 Å². The molecule has 0 saturated carbocycles. The normalized spacial score (nSPS) is 11.4. The van der Waals surface area contributed by atoms with E-state index in [9.17, 15) is 13.2 Å². The molecule has 0 fully saturated rings. The van der Waals surface area contributed by atoms with E-state index < -0.39 is 16.0 Å². The fraction of sp³-hybridized carbons (Fsp3) is 0.200. The number of ether oxygens (including phenoxy) is 2. The van der Waals surface area contributed by atoms with Crippen LogP contribution in [0.1, 0.15) is 16.2 Å². The van der Waals surface area contributed by atoms with Crippen LogP contribution in [0.3, 0.4) is 0 Å². The summed E-state index contributed by atoms with van der Waals surface area (Å²) in [5.41, 5.74) is 0.923. The number of hydrogen-bond acceptors (Lipinski definition) is 7. The Balaban J connectivity index is 1.76. The number of rotatable bonds is 7. The summed E-state index contributed by atoms with van der Waals surface area (Å²) < 4.78 is 41.9. The van der Waals surface area contributed by atoms with Gasteiger partial charge in [0, 0.05) is 19.7 Å². The van der Waals surface area contributed by atoms with E-state index >= 15 is 0 Å². The lowest BCUT2D eigenvalue weighted by Gasteiger charge is -2.15. The van der Waals surface area contributed by atoms with Crippen LogP contribution < -0.4 is 4.74 Å². The van der Waals surface area contributed by atoms with Crippen LogP contribution in [0.15, 0.2) is 64.0 Å². The molecule has 0 aliphatic rings. The van der Waals surface area contributed by atoms with Crippen molar-refractivity contribution in [3.63, 3.8) is 0 Å². The molecular weight excluding hydrogens is 396 g/mol. The minimum Gasteiger partial charge on any atom is -0.495 e. The first kappa shape index (κ1) is 20.6. The van der Waals surface area contributed by atoms with Crippen LogP contribution >= 0.6 is 0 Å². The largest absolute Gasteiger partial charge is 0.495 e. The number of esters is 1. The number of aromatic nitrogens is 1. The quantitative estimate of drug-likeness (QED) is 0.546. The predicted molar refractivity (Wildman–Crippen MR) is 105 cm³/mol. The average Bonchev–Trinajstić information content (AvgIpc) is 3.21. The van der Waals surface area contributed by atoms with Gasteiger partial charge in [0.25, 0.3) is 0 Å². The third-order valence-electron chi connectivity index (χ3n) is 4.10. The molecule has 0 unspecified atom stereocenters. The fourth-order valence-electron chi connectivity index (χ4n) is 2.53. The summed E-state index contributed by atoms with van der Waals surface area (Å²) in [5, 5.41) is 0. The van der Waals surface area contributed by atoms with E-state index in [1.54, 1.807) is 6.20 Å². The minimum absolute atomic E-state index is 0.0704. The van der Waals surface area contributed by atoms with Crippen molar-refractivity contribution in [3.05, 3.63) is 66.2 Å². The van der Waals surface area contributed by atoms with Crippen LogP contribution in [-0.2, 0) is 21.4 Å². The maximum absolute atomic E-state index is 12.5. The van der Waals surface area contributed by atoms with E-state index in [0.717, 1.165) is 9.87 Å². The smallest absolute Gasteiger partial charge is 0.338 e. The second kappa shape index (κ2) is 8.46. The second-order valence-electron chi connectivity index (χ2n) is 6.21. The number of benzene rings is 2. The van der Waals surface area contributed by atoms with Crippen LogP contribution in [0.25, 0.3) is 11.3 Å². The van der Waals surface area contributed by atoms with Gasteiger partial charge in [0.1, 0.15) is 10.6 Å². The highest BCUT2D eigenvalue weighted by atomic mass is 32.2. The molecule has 3 rings (SSSR count). The number of nitrogens with zero attached hydrogens (tertiary/aromatic N) is 2. The van der Waals surface area contributed by atoms with Gasteiger partial charge in [0.15, 0.2) is 12.4 Å². The van der Waals surface area contributed by atoms with E-state index in [4.69, 9.17) is 13.9 Å². The molecule has 0 aliphatic heterocycles. The molecule has 0 amide bonds. The van der Waals surface area contributed by atoms with Gasteiger partial charge >= 0.3 is 5.97 Å². The van der Waals surface area contributed by atoms with Crippen molar-refractivity contribution in [2.45, 2.75) is 11.5 Å². The molecule has 29 heavy (non-hydrogen) atoms. The summed E-state index contributed by atoms with van der Waals surface area (Å²) in [6.07, 6.45) is 1.55. The summed E-state index contributed by atoms with van der Waals surface area (Å²) in [6.45, 7) is -0.187. The SMILES string of the molecule is COc1ccc(C(=O)OCc2ncc(-c3ccccc3)o2)cc1S(=O)(=O)N(C)C. The van der Waals surface area contributed by atoms with Gasteiger partial charge < -0.3 is 13.9 Å². The van der Waals surface area contributed by atoms with Gasteiger partial charge in [0.05, 0.1) is 18.9 Å². The molecule has 1 heterocycles. The van der Waals surface area contributed by atoms with Crippen molar-refractivity contribution >= 4 is 16.0 Å². The van der Waals surface area contributed by atoms with E-state index in [0.29, 0.717) is 5.76 Å². The second-order valence-corrected chi connectivity index (χ2v) is 8.33. The average molecular weight is 416 g/mol. The summed E-state index contributed by atoms with van der Waals surface area (Å²) in [6, 6.07) is 13.5. The van der Waals surface area contributed by atoms with Crippen molar-refractivity contribution in [1.82, 2.24) is 9.29 Å². The van der Waals surface area contributed by atoms with Gasteiger partial charge in [-0.1, -0.05) is 30.3 Å². The first-order valence-electron chi connectivity index (χ1n) is 8.60. The molecule has 0 saturated heterocycles. The zero-order valence-electron chi connectivity index (χ0n) is 16.2. The van der Waals surface area contributed by atoms with Gasteiger partial charge in [0.2, 0.25) is 15.9 Å². The number of hydrogen-bond donors (Lipinski definition) is 0. The Hall–Kier alpha value is -3.17. The van der Waals surface area contributed by atoms with Crippen molar-refractivity contribution in [2.24, 2.45) is 0 Å². The van der Waals surface area contributed by atoms with Crippen molar-refractivity contribution in [1.29, 1.82) is 0 Å². The maximum atomic E-state index is 12.5. The van der Waals surface area contributed by atoms with Crippen LogP contribution in [-0.4, -0.2) is 44.9 Å². The van der Waals surface area contributed by atoms with E-state index in [-0.39, 0.29) is 28.7 Å². The first-order chi connectivity index (χ1) is 13.8. The molecule has 0 N–H and O–H groups in total. The van der Waals surface area contributed by atoms with Gasteiger partial charge in [-0.05, 0) is 18.2 Å². The Morgan fingerprint density at radius 1 is 1.14 bits per heavy atom. The lowest BCUT2D eigenvalue weighted by molar-refractivity contribution is 0.0438. The van der Waals surface area contributed by atoms with Gasteiger partial charge in [-0.25, -0.2) is 22.5 Å². The molecule has 152 valence electrons. The molecule has 9 heteroatoms. The predicted octanol–water partition coefficient (Wildman–Crippen LogP) is 2.96. The van der Waals surface area contributed by atoms with Crippen LogP contribution in [0, 0.1) is 0 Å². The number of carbonyl (C=O) groups excluding carboxylic acids is 1. The zero-order valence-corrected chi connectivity index (χ0v) is 17.0. The van der Waals surface area contributed by atoms with Crippen LogP contribution in [0.5, 0.6) is 5.75 Å². The zero-order chi connectivity index (χ0) is 21.0. The molecule has 0 radical (unpaired) electrons. The third-order valence-corrected chi connectivity index (χ3v) is 5.93. The third kappa shape index (κ3) is 4.47. The number of carbonyl (C=O) groups is 1. The molecule has 8 nitrogen and oxygen atoms in total. The number of oxazole rings is 1. The molecule has 0 aliphatic carbocycles. The minimum atomic E-state index is -3.80. The monoisotopic (exact) mass is 416 g/mol. The lowest BCUT2D eigenvalue weighted by Crippen LogP contribution is -2.23. The topological polar surface area (TPSA) is 98.9 Å².